The van der Waals surface area contributed by atoms with Crippen molar-refractivity contribution < 1.29 is 4.42 Å². The van der Waals surface area contributed by atoms with Crippen LogP contribution in [0.4, 0.5) is 5.82 Å². The lowest BCUT2D eigenvalue weighted by atomic mass is 10.4. The zero-order valence-corrected chi connectivity index (χ0v) is 11.5. The van der Waals surface area contributed by atoms with E-state index in [4.69, 9.17) is 4.42 Å². The largest absolute Gasteiger partial charge is 0.468 e. The van der Waals surface area contributed by atoms with E-state index in [1.807, 2.05) is 19.2 Å². The highest BCUT2D eigenvalue weighted by molar-refractivity contribution is 7.98. The highest BCUT2D eigenvalue weighted by Crippen LogP contribution is 2.25. The van der Waals surface area contributed by atoms with Crippen LogP contribution >= 0.6 is 11.8 Å². The van der Waals surface area contributed by atoms with E-state index < -0.39 is 0 Å². The first-order valence-electron chi connectivity index (χ1n) is 6.01. The summed E-state index contributed by atoms with van der Waals surface area (Å²) in [6, 6.07) is 1.98. The summed E-state index contributed by atoms with van der Waals surface area (Å²) in [6.45, 7) is 5.02. The van der Waals surface area contributed by atoms with Gasteiger partial charge in [-0.05, 0) is 19.4 Å². The number of nitrogens with zero attached hydrogens (tertiary/aromatic N) is 2. The van der Waals surface area contributed by atoms with E-state index in [9.17, 15) is 0 Å². The van der Waals surface area contributed by atoms with E-state index >= 15 is 0 Å². The highest BCUT2D eigenvalue weighted by atomic mass is 32.2. The van der Waals surface area contributed by atoms with Crippen LogP contribution in [0.3, 0.4) is 0 Å². The second-order valence-corrected chi connectivity index (χ2v) is 4.97. The van der Waals surface area contributed by atoms with Crippen molar-refractivity contribution in [2.45, 2.75) is 30.9 Å². The molecule has 5 heteroatoms. The third-order valence-electron chi connectivity index (χ3n) is 2.45. The summed E-state index contributed by atoms with van der Waals surface area (Å²) in [6.07, 6.45) is 6.40. The van der Waals surface area contributed by atoms with Gasteiger partial charge < -0.3 is 9.73 Å². The van der Waals surface area contributed by atoms with Gasteiger partial charge in [0.25, 0.3) is 0 Å². The van der Waals surface area contributed by atoms with Crippen LogP contribution < -0.4 is 5.32 Å². The molecule has 0 aliphatic heterocycles. The number of hydrogen-bond acceptors (Lipinski definition) is 5. The Kier molecular flexibility index (Phi) is 4.64. The first-order valence-corrected chi connectivity index (χ1v) is 7.00. The van der Waals surface area contributed by atoms with Crippen molar-refractivity contribution >= 4 is 17.6 Å². The first-order chi connectivity index (χ1) is 8.79. The number of hydrogen-bond donors (Lipinski definition) is 1. The summed E-state index contributed by atoms with van der Waals surface area (Å²) in [5, 5.41) is 3.20. The van der Waals surface area contributed by atoms with Gasteiger partial charge in [0.05, 0.1) is 24.4 Å². The Hall–Kier alpha value is -1.49. The molecule has 1 N–H and O–H groups in total. The number of aromatic nitrogens is 2. The number of rotatable bonds is 6. The lowest BCUT2D eigenvalue weighted by molar-refractivity contribution is 0.527. The van der Waals surface area contributed by atoms with Crippen molar-refractivity contribution in [3.8, 4) is 0 Å². The van der Waals surface area contributed by atoms with Crippen molar-refractivity contribution in [2.75, 3.05) is 11.9 Å². The molecule has 0 amide bonds. The average molecular weight is 263 g/mol. The summed E-state index contributed by atoms with van der Waals surface area (Å²) in [5.74, 6) is 2.60. The van der Waals surface area contributed by atoms with E-state index in [1.54, 1.807) is 24.2 Å². The summed E-state index contributed by atoms with van der Waals surface area (Å²) in [5.41, 5.74) is 0.975. The molecule has 2 heterocycles. The summed E-state index contributed by atoms with van der Waals surface area (Å²) in [7, 11) is 0. The minimum atomic E-state index is 0.807. The average Bonchev–Trinajstić information content (AvgIpc) is 2.81. The Morgan fingerprint density at radius 3 is 2.83 bits per heavy atom. The standard InChI is InChI=1S/C13H17N3OS/c1-3-5-14-13-8-15-11(7-16-13)9-18-12-4-6-17-10(12)2/h4,6-8H,3,5,9H2,1-2H3,(H,14,16). The third kappa shape index (κ3) is 3.50. The lowest BCUT2D eigenvalue weighted by Gasteiger charge is -2.04. The molecule has 0 saturated carbocycles. The highest BCUT2D eigenvalue weighted by Gasteiger charge is 2.03. The fourth-order valence-electron chi connectivity index (χ4n) is 1.45. The number of thioether (sulfide) groups is 1. The van der Waals surface area contributed by atoms with Gasteiger partial charge in [0.2, 0.25) is 0 Å². The van der Waals surface area contributed by atoms with Crippen molar-refractivity contribution in [1.29, 1.82) is 0 Å². The van der Waals surface area contributed by atoms with E-state index in [0.29, 0.717) is 0 Å². The Morgan fingerprint density at radius 2 is 2.22 bits per heavy atom. The van der Waals surface area contributed by atoms with Crippen molar-refractivity contribution in [3.63, 3.8) is 0 Å². The Balaban J connectivity index is 1.88. The molecule has 0 unspecified atom stereocenters. The predicted molar refractivity (Wildman–Crippen MR) is 73.8 cm³/mol. The lowest BCUT2D eigenvalue weighted by Crippen LogP contribution is -2.02. The summed E-state index contributed by atoms with van der Waals surface area (Å²) < 4.78 is 5.25. The first kappa shape index (κ1) is 13.0. The van der Waals surface area contributed by atoms with Gasteiger partial charge in [-0.2, -0.15) is 0 Å². The zero-order chi connectivity index (χ0) is 12.8. The fourth-order valence-corrected chi connectivity index (χ4v) is 2.30. The normalized spacial score (nSPS) is 10.6. The van der Waals surface area contributed by atoms with Crippen molar-refractivity contribution in [2.24, 2.45) is 0 Å². The van der Waals surface area contributed by atoms with E-state index in [2.05, 4.69) is 22.2 Å². The molecule has 4 nitrogen and oxygen atoms in total. The number of anilines is 1. The second-order valence-electron chi connectivity index (χ2n) is 3.95. The van der Waals surface area contributed by atoms with Crippen LogP contribution in [0.1, 0.15) is 24.8 Å². The van der Waals surface area contributed by atoms with Gasteiger partial charge in [-0.25, -0.2) is 4.98 Å². The smallest absolute Gasteiger partial charge is 0.144 e. The molecule has 0 fully saturated rings. The molecule has 0 spiro atoms. The van der Waals surface area contributed by atoms with Crippen LogP contribution in [0.5, 0.6) is 0 Å². The van der Waals surface area contributed by atoms with Crippen molar-refractivity contribution in [3.05, 3.63) is 36.2 Å². The van der Waals surface area contributed by atoms with Crippen LogP contribution in [0.2, 0.25) is 0 Å². The molecule has 0 aliphatic rings. The molecule has 2 rings (SSSR count). The number of furan rings is 1. The van der Waals surface area contributed by atoms with E-state index in [0.717, 1.165) is 40.9 Å². The molecule has 0 bridgehead atoms. The van der Waals surface area contributed by atoms with Gasteiger partial charge in [0.15, 0.2) is 0 Å². The molecular formula is C13H17N3OS. The van der Waals surface area contributed by atoms with E-state index in [-0.39, 0.29) is 0 Å². The fraction of sp³-hybridized carbons (Fsp3) is 0.385. The van der Waals surface area contributed by atoms with Gasteiger partial charge >= 0.3 is 0 Å². The van der Waals surface area contributed by atoms with Gasteiger partial charge in [-0.15, -0.1) is 11.8 Å². The molecule has 0 radical (unpaired) electrons. The molecule has 0 aliphatic carbocycles. The zero-order valence-electron chi connectivity index (χ0n) is 10.6. The molecule has 2 aromatic heterocycles. The van der Waals surface area contributed by atoms with Crippen LogP contribution in [-0.2, 0) is 5.75 Å². The van der Waals surface area contributed by atoms with Crippen molar-refractivity contribution in [1.82, 2.24) is 9.97 Å². The van der Waals surface area contributed by atoms with E-state index in [1.165, 1.54) is 0 Å². The minimum absolute atomic E-state index is 0.807. The topological polar surface area (TPSA) is 51.0 Å². The Bertz CT molecular complexity index is 481. The van der Waals surface area contributed by atoms with Gasteiger partial charge in [-0.1, -0.05) is 6.92 Å². The monoisotopic (exact) mass is 263 g/mol. The van der Waals surface area contributed by atoms with Crippen LogP contribution in [0.15, 0.2) is 34.0 Å². The second kappa shape index (κ2) is 6.44. The maximum Gasteiger partial charge on any atom is 0.144 e. The third-order valence-corrected chi connectivity index (χ3v) is 3.62. The van der Waals surface area contributed by atoms with Gasteiger partial charge in [-0.3, -0.25) is 4.98 Å². The molecular weight excluding hydrogens is 246 g/mol. The molecule has 0 atom stereocenters. The summed E-state index contributed by atoms with van der Waals surface area (Å²) >= 11 is 1.71. The molecule has 2 aromatic rings. The van der Waals surface area contributed by atoms with Gasteiger partial charge in [0.1, 0.15) is 11.6 Å². The SMILES string of the molecule is CCCNc1cnc(CSc2ccoc2C)cn1. The summed E-state index contributed by atoms with van der Waals surface area (Å²) in [4.78, 5) is 9.87. The van der Waals surface area contributed by atoms with Crippen LogP contribution in [0.25, 0.3) is 0 Å². The quantitative estimate of drug-likeness (QED) is 0.808. The molecule has 18 heavy (non-hydrogen) atoms. The maximum absolute atomic E-state index is 5.25. The predicted octanol–water partition coefficient (Wildman–Crippen LogP) is 3.49. The van der Waals surface area contributed by atoms with Crippen LogP contribution in [-0.4, -0.2) is 16.5 Å². The van der Waals surface area contributed by atoms with Gasteiger partial charge in [0, 0.05) is 17.2 Å². The Morgan fingerprint density at radius 1 is 1.33 bits per heavy atom. The Labute approximate surface area is 111 Å². The van der Waals surface area contributed by atoms with Crippen LogP contribution in [0, 0.1) is 6.92 Å². The maximum atomic E-state index is 5.25. The number of nitrogens with one attached hydrogen (secondary N) is 1. The number of aryl methyl sites for hydroxylation is 1. The molecule has 0 aromatic carbocycles. The molecule has 96 valence electrons. The minimum Gasteiger partial charge on any atom is -0.468 e. The molecule has 0 saturated heterocycles.